The van der Waals surface area contributed by atoms with E-state index >= 15 is 0 Å². The highest BCUT2D eigenvalue weighted by atomic mass is 16.3. The van der Waals surface area contributed by atoms with E-state index in [1.807, 2.05) is 0 Å². The van der Waals surface area contributed by atoms with Gasteiger partial charge in [0.05, 0.1) is 6.10 Å². The second kappa shape index (κ2) is 4.85. The van der Waals surface area contributed by atoms with Crippen molar-refractivity contribution in [1.29, 1.82) is 0 Å². The molecule has 0 aromatic heterocycles. The molecule has 4 rings (SSSR count). The van der Waals surface area contributed by atoms with E-state index in [1.54, 1.807) is 0 Å². The molecule has 0 aliphatic heterocycles. The minimum atomic E-state index is -0.0876. The quantitative estimate of drug-likeness (QED) is 0.626. The van der Waals surface area contributed by atoms with Crippen LogP contribution in [-0.4, -0.2) is 17.3 Å². The van der Waals surface area contributed by atoms with Gasteiger partial charge in [0.1, 0.15) is 0 Å². The van der Waals surface area contributed by atoms with E-state index in [0.29, 0.717) is 33.1 Å². The lowest BCUT2D eigenvalue weighted by molar-refractivity contribution is -0.287. The number of fused-ring (bicyclic) bond motifs is 5. The first-order valence-corrected chi connectivity index (χ1v) is 10.8. The predicted octanol–water partition coefficient (Wildman–Crippen LogP) is 5.28. The molecule has 4 saturated carbocycles. The lowest BCUT2D eigenvalue weighted by Gasteiger charge is -2.77. The highest BCUT2D eigenvalue weighted by Crippen LogP contribution is 2.82. The van der Waals surface area contributed by atoms with Gasteiger partial charge in [0.2, 0.25) is 0 Å². The van der Waals surface area contributed by atoms with Crippen LogP contribution in [0.15, 0.2) is 0 Å². The lowest BCUT2D eigenvalue weighted by atomic mass is 9.27. The molecule has 144 valence electrons. The normalized spacial score (nSPS) is 64.3. The molecule has 0 aromatic rings. The minimum Gasteiger partial charge on any atom is -0.393 e. The van der Waals surface area contributed by atoms with Gasteiger partial charge in [0.25, 0.3) is 0 Å². The van der Waals surface area contributed by atoms with Crippen LogP contribution in [0, 0.1) is 32.5 Å². The van der Waals surface area contributed by atoms with Crippen molar-refractivity contribution in [1.82, 2.24) is 0 Å². The van der Waals surface area contributed by atoms with Gasteiger partial charge in [0.15, 0.2) is 0 Å². The Morgan fingerprint density at radius 2 is 1.24 bits per heavy atom. The minimum absolute atomic E-state index is 0.0876. The van der Waals surface area contributed by atoms with Crippen molar-refractivity contribution in [3.05, 3.63) is 0 Å². The van der Waals surface area contributed by atoms with Crippen molar-refractivity contribution in [2.75, 3.05) is 0 Å². The maximum atomic E-state index is 10.4. The molecule has 8 atom stereocenters. The second-order valence-corrected chi connectivity index (χ2v) is 11.8. The second-order valence-electron chi connectivity index (χ2n) is 11.8. The maximum Gasteiger partial charge on any atom is 0.0545 e. The van der Waals surface area contributed by atoms with Gasteiger partial charge in [-0.15, -0.1) is 0 Å². The molecular weight excluding hydrogens is 306 g/mol. The summed E-state index contributed by atoms with van der Waals surface area (Å²) in [6.07, 6.45) is 10.8. The Bertz CT molecular complexity index is 591. The topological polar surface area (TPSA) is 46.2 Å². The van der Waals surface area contributed by atoms with Crippen LogP contribution in [-0.2, 0) is 0 Å². The molecule has 0 spiro atoms. The van der Waals surface area contributed by atoms with Gasteiger partial charge in [-0.1, -0.05) is 41.5 Å². The standard InChI is InChI=1S/C23H41NO/c1-18-11-13-23(6)21(4)10-8-17(24)19(21,2)12-14-22(23,5)20(18,3)9-7-16(25)15-18/h16-17,25H,7-15,24H2,1-6H3/t16-,17?,18-,19+,20-,21+,22+,23-/m1/s1. The van der Waals surface area contributed by atoms with Crippen molar-refractivity contribution < 1.29 is 5.11 Å². The average molecular weight is 348 g/mol. The van der Waals surface area contributed by atoms with Crippen LogP contribution >= 0.6 is 0 Å². The van der Waals surface area contributed by atoms with E-state index in [-0.39, 0.29) is 11.5 Å². The van der Waals surface area contributed by atoms with Crippen LogP contribution in [0.3, 0.4) is 0 Å². The zero-order valence-corrected chi connectivity index (χ0v) is 17.5. The molecule has 25 heavy (non-hydrogen) atoms. The Morgan fingerprint density at radius 1 is 0.680 bits per heavy atom. The van der Waals surface area contributed by atoms with Gasteiger partial charge in [-0.05, 0) is 90.3 Å². The summed E-state index contributed by atoms with van der Waals surface area (Å²) in [5.41, 5.74) is 8.63. The number of hydrogen-bond donors (Lipinski definition) is 2. The van der Waals surface area contributed by atoms with Gasteiger partial charge in [-0.2, -0.15) is 0 Å². The van der Waals surface area contributed by atoms with Crippen molar-refractivity contribution >= 4 is 0 Å². The number of hydrogen-bond acceptors (Lipinski definition) is 2. The molecular formula is C23H41NO. The van der Waals surface area contributed by atoms with Crippen molar-refractivity contribution in [3.63, 3.8) is 0 Å². The molecule has 1 unspecified atom stereocenters. The fraction of sp³-hybridized carbons (Fsp3) is 1.00. The van der Waals surface area contributed by atoms with E-state index in [1.165, 1.54) is 44.9 Å². The Morgan fingerprint density at radius 3 is 1.92 bits per heavy atom. The van der Waals surface area contributed by atoms with E-state index in [0.717, 1.165) is 12.8 Å². The fourth-order valence-electron chi connectivity index (χ4n) is 9.11. The monoisotopic (exact) mass is 347 g/mol. The van der Waals surface area contributed by atoms with Crippen LogP contribution in [0.4, 0.5) is 0 Å². The first-order valence-electron chi connectivity index (χ1n) is 10.8. The van der Waals surface area contributed by atoms with Crippen LogP contribution in [0.25, 0.3) is 0 Å². The molecule has 0 saturated heterocycles. The van der Waals surface area contributed by atoms with Gasteiger partial charge in [-0.3, -0.25) is 0 Å². The van der Waals surface area contributed by atoms with E-state index in [9.17, 15) is 5.11 Å². The summed E-state index contributed by atoms with van der Waals surface area (Å²) in [5, 5.41) is 10.4. The van der Waals surface area contributed by atoms with E-state index in [4.69, 9.17) is 5.73 Å². The van der Waals surface area contributed by atoms with E-state index < -0.39 is 0 Å². The highest BCUT2D eigenvalue weighted by molar-refractivity contribution is 5.25. The summed E-state index contributed by atoms with van der Waals surface area (Å²) in [7, 11) is 0. The zero-order valence-electron chi connectivity index (χ0n) is 17.5. The number of aliphatic hydroxyl groups excluding tert-OH is 1. The highest BCUT2D eigenvalue weighted by Gasteiger charge is 2.76. The molecule has 2 heteroatoms. The van der Waals surface area contributed by atoms with Crippen molar-refractivity contribution in [2.45, 2.75) is 111 Å². The lowest BCUT2D eigenvalue weighted by Crippen LogP contribution is -2.71. The summed E-state index contributed by atoms with van der Waals surface area (Å²) in [6, 6.07) is 0.369. The Kier molecular flexibility index (Phi) is 3.55. The molecule has 0 amide bonds. The van der Waals surface area contributed by atoms with Crippen LogP contribution in [0.1, 0.15) is 99.3 Å². The molecule has 0 radical (unpaired) electrons. The van der Waals surface area contributed by atoms with Crippen LogP contribution < -0.4 is 5.73 Å². The number of nitrogens with two attached hydrogens (primary N) is 1. The Labute approximate surface area is 155 Å². The van der Waals surface area contributed by atoms with Crippen molar-refractivity contribution in [2.24, 2.45) is 38.2 Å². The molecule has 2 nitrogen and oxygen atoms in total. The molecule has 0 aromatic carbocycles. The van der Waals surface area contributed by atoms with Gasteiger partial charge < -0.3 is 10.8 Å². The van der Waals surface area contributed by atoms with E-state index in [2.05, 4.69) is 41.5 Å². The van der Waals surface area contributed by atoms with Crippen molar-refractivity contribution in [3.8, 4) is 0 Å². The summed E-state index contributed by atoms with van der Waals surface area (Å²) in [6.45, 7) is 15.5. The number of aliphatic hydroxyl groups is 1. The molecule has 4 fully saturated rings. The molecule has 3 N–H and O–H groups in total. The molecule has 4 aliphatic carbocycles. The first kappa shape index (κ1) is 18.3. The van der Waals surface area contributed by atoms with Gasteiger partial charge in [-0.25, -0.2) is 0 Å². The fourth-order valence-corrected chi connectivity index (χ4v) is 9.11. The Hall–Kier alpha value is -0.0800. The molecule has 0 bridgehead atoms. The first-order chi connectivity index (χ1) is 11.4. The summed E-state index contributed by atoms with van der Waals surface area (Å²) in [5.74, 6) is 0. The molecule has 0 heterocycles. The van der Waals surface area contributed by atoms with Crippen LogP contribution in [0.5, 0.6) is 0 Å². The number of rotatable bonds is 0. The smallest absolute Gasteiger partial charge is 0.0545 e. The summed E-state index contributed by atoms with van der Waals surface area (Å²) in [4.78, 5) is 0. The third-order valence-electron chi connectivity index (χ3n) is 12.0. The third-order valence-corrected chi connectivity index (χ3v) is 12.0. The summed E-state index contributed by atoms with van der Waals surface area (Å²) >= 11 is 0. The third kappa shape index (κ3) is 1.71. The summed E-state index contributed by atoms with van der Waals surface area (Å²) < 4.78 is 0. The zero-order chi connectivity index (χ0) is 18.5. The van der Waals surface area contributed by atoms with Gasteiger partial charge >= 0.3 is 0 Å². The largest absolute Gasteiger partial charge is 0.393 e. The Balaban J connectivity index is 1.86. The maximum absolute atomic E-state index is 10.4. The predicted molar refractivity (Wildman–Crippen MR) is 104 cm³/mol. The molecule has 4 aliphatic rings. The van der Waals surface area contributed by atoms with Gasteiger partial charge in [0, 0.05) is 6.04 Å². The average Bonchev–Trinajstić information content (AvgIpc) is 2.79. The van der Waals surface area contributed by atoms with Crippen LogP contribution in [0.2, 0.25) is 0 Å². The SMILES string of the molecule is C[C@]12CC[C@@]3(C)[C@@](C)(CC[C@@]4(C)C(N)CC[C@]34C)[C@]1(C)CC[C@@H](O)C2.